The van der Waals surface area contributed by atoms with Crippen molar-refractivity contribution >= 4 is 11.9 Å². The van der Waals surface area contributed by atoms with Gasteiger partial charge in [-0.25, -0.2) is 4.79 Å². The molecule has 1 aliphatic rings. The van der Waals surface area contributed by atoms with Gasteiger partial charge in [0.05, 0.1) is 25.9 Å². The van der Waals surface area contributed by atoms with Crippen molar-refractivity contribution in [1.82, 2.24) is 0 Å². The third kappa shape index (κ3) is 6.31. The second kappa shape index (κ2) is 11.4. The summed E-state index contributed by atoms with van der Waals surface area (Å²) in [5.41, 5.74) is 2.45. The van der Waals surface area contributed by atoms with Gasteiger partial charge in [0, 0.05) is 24.5 Å². The number of ketones is 1. The maximum Gasteiger partial charge on any atom is 0.508 e. The first-order valence-corrected chi connectivity index (χ1v) is 11.1. The summed E-state index contributed by atoms with van der Waals surface area (Å²) in [6.45, 7) is 4.46. The Morgan fingerprint density at radius 2 is 1.94 bits per heavy atom. The summed E-state index contributed by atoms with van der Waals surface area (Å²) in [7, 11) is 1.57. The predicted molar refractivity (Wildman–Crippen MR) is 121 cm³/mol. The molecule has 1 heterocycles. The van der Waals surface area contributed by atoms with Crippen molar-refractivity contribution in [2.45, 2.75) is 52.2 Å². The van der Waals surface area contributed by atoms with E-state index in [0.717, 1.165) is 24.0 Å². The van der Waals surface area contributed by atoms with Crippen LogP contribution in [0.3, 0.4) is 0 Å². The number of fused-ring (bicyclic) bond motifs is 1. The molecule has 0 spiro atoms. The van der Waals surface area contributed by atoms with E-state index in [4.69, 9.17) is 28.8 Å². The Labute approximate surface area is 193 Å². The number of methoxy groups -OCH3 is 1. The van der Waals surface area contributed by atoms with Crippen LogP contribution in [0.2, 0.25) is 0 Å². The minimum Gasteiger partial charge on any atom is -0.496 e. The van der Waals surface area contributed by atoms with E-state index < -0.39 is 12.4 Å². The van der Waals surface area contributed by atoms with Crippen LogP contribution in [-0.2, 0) is 17.6 Å². The number of aryl methyl sites for hydroxylation is 1. The molecule has 8 heteroatoms. The van der Waals surface area contributed by atoms with Crippen molar-refractivity contribution in [2.75, 3.05) is 20.3 Å². The minimum atomic E-state index is -1.36. The number of carboxylic acid groups (broad SMARTS) is 1. The third-order valence-electron chi connectivity index (χ3n) is 5.29. The Balaban J connectivity index is 1.54. The fraction of sp³-hybridized carbons (Fsp3) is 0.440. The summed E-state index contributed by atoms with van der Waals surface area (Å²) < 4.78 is 27.6. The molecule has 2 aromatic carbocycles. The van der Waals surface area contributed by atoms with E-state index in [0.29, 0.717) is 61.0 Å². The number of benzene rings is 2. The Hall–Kier alpha value is -3.42. The molecule has 1 unspecified atom stereocenters. The van der Waals surface area contributed by atoms with Gasteiger partial charge >= 0.3 is 6.16 Å². The summed E-state index contributed by atoms with van der Waals surface area (Å²) in [6, 6.07) is 9.09. The minimum absolute atomic E-state index is 0.0426. The molecular weight excluding hydrogens is 428 g/mol. The average molecular weight is 459 g/mol. The van der Waals surface area contributed by atoms with Crippen molar-refractivity contribution in [1.29, 1.82) is 0 Å². The smallest absolute Gasteiger partial charge is 0.496 e. The molecule has 1 N–H and O–H groups in total. The molecule has 1 aliphatic heterocycles. The van der Waals surface area contributed by atoms with Crippen molar-refractivity contribution in [3.05, 3.63) is 47.0 Å². The van der Waals surface area contributed by atoms with Crippen molar-refractivity contribution in [3.63, 3.8) is 0 Å². The van der Waals surface area contributed by atoms with Crippen LogP contribution in [0.15, 0.2) is 30.3 Å². The summed E-state index contributed by atoms with van der Waals surface area (Å²) in [5.74, 6) is 2.45. The van der Waals surface area contributed by atoms with E-state index >= 15 is 0 Å². The normalized spacial score (nSPS) is 14.6. The molecule has 8 nitrogen and oxygen atoms in total. The first kappa shape index (κ1) is 24.2. The molecule has 0 saturated heterocycles. The number of hydrogen-bond donors (Lipinski definition) is 1. The Morgan fingerprint density at radius 1 is 1.15 bits per heavy atom. The lowest BCUT2D eigenvalue weighted by Crippen LogP contribution is -2.27. The van der Waals surface area contributed by atoms with Crippen molar-refractivity contribution < 1.29 is 38.4 Å². The van der Waals surface area contributed by atoms with E-state index in [-0.39, 0.29) is 5.78 Å². The van der Waals surface area contributed by atoms with E-state index in [1.165, 1.54) is 6.92 Å². The van der Waals surface area contributed by atoms with Gasteiger partial charge < -0.3 is 28.8 Å². The second-order valence-corrected chi connectivity index (χ2v) is 7.72. The number of ether oxygens (including phenoxy) is 5. The first-order chi connectivity index (χ1) is 15.9. The fourth-order valence-electron chi connectivity index (χ4n) is 3.78. The highest BCUT2D eigenvalue weighted by molar-refractivity contribution is 5.97. The zero-order valence-electron chi connectivity index (χ0n) is 19.2. The Kier molecular flexibility index (Phi) is 8.40. The molecule has 178 valence electrons. The zero-order chi connectivity index (χ0) is 23.8. The number of hydrogen-bond acceptors (Lipinski definition) is 7. The maximum absolute atomic E-state index is 11.9. The fourth-order valence-corrected chi connectivity index (χ4v) is 3.78. The SMILES string of the molecule is CCCc1c(OCCCOc2ccc3c(c2)OC(OC(=O)O)CC3)ccc(C(C)=O)c1OC. The Bertz CT molecular complexity index is 985. The highest BCUT2D eigenvalue weighted by Gasteiger charge is 2.23. The summed E-state index contributed by atoms with van der Waals surface area (Å²) >= 11 is 0. The molecule has 0 saturated carbocycles. The number of rotatable bonds is 11. The lowest BCUT2D eigenvalue weighted by atomic mass is 10.0. The van der Waals surface area contributed by atoms with Crippen LogP contribution >= 0.6 is 0 Å². The van der Waals surface area contributed by atoms with Crippen LogP contribution in [0.1, 0.15) is 54.6 Å². The second-order valence-electron chi connectivity index (χ2n) is 7.72. The summed E-state index contributed by atoms with van der Waals surface area (Å²) in [4.78, 5) is 22.6. The highest BCUT2D eigenvalue weighted by Crippen LogP contribution is 2.34. The molecule has 0 bridgehead atoms. The maximum atomic E-state index is 11.9. The highest BCUT2D eigenvalue weighted by atomic mass is 16.8. The molecular formula is C25H30O8. The molecule has 3 rings (SSSR count). The lowest BCUT2D eigenvalue weighted by Gasteiger charge is -2.25. The largest absolute Gasteiger partial charge is 0.508 e. The molecule has 33 heavy (non-hydrogen) atoms. The van der Waals surface area contributed by atoms with Gasteiger partial charge in [0.2, 0.25) is 6.29 Å². The van der Waals surface area contributed by atoms with Crippen molar-refractivity contribution in [2.24, 2.45) is 0 Å². The van der Waals surface area contributed by atoms with Gasteiger partial charge in [-0.1, -0.05) is 19.4 Å². The van der Waals surface area contributed by atoms with Crippen LogP contribution in [0.4, 0.5) is 4.79 Å². The van der Waals surface area contributed by atoms with Gasteiger partial charge in [-0.2, -0.15) is 0 Å². The predicted octanol–water partition coefficient (Wildman–Crippen LogP) is 5.04. The molecule has 1 atom stereocenters. The van der Waals surface area contributed by atoms with Crippen LogP contribution in [0.25, 0.3) is 0 Å². The van der Waals surface area contributed by atoms with Crippen LogP contribution < -0.4 is 18.9 Å². The number of carbonyl (C=O) groups excluding carboxylic acids is 1. The average Bonchev–Trinajstić information content (AvgIpc) is 2.78. The molecule has 0 aromatic heterocycles. The van der Waals surface area contributed by atoms with Crippen LogP contribution in [-0.4, -0.2) is 43.7 Å². The van der Waals surface area contributed by atoms with E-state index in [2.05, 4.69) is 6.92 Å². The van der Waals surface area contributed by atoms with Gasteiger partial charge in [-0.3, -0.25) is 4.79 Å². The van der Waals surface area contributed by atoms with E-state index in [1.54, 1.807) is 19.2 Å². The first-order valence-electron chi connectivity index (χ1n) is 11.1. The molecule has 0 amide bonds. The van der Waals surface area contributed by atoms with Gasteiger partial charge in [-0.05, 0) is 43.5 Å². The number of carbonyl (C=O) groups is 2. The standard InChI is InChI=1S/C25H30O8/c1-4-6-20-21(11-10-19(16(2)26)24(20)29-3)31-14-5-13-30-18-9-7-17-8-12-23(33-25(27)28)32-22(17)15-18/h7,9-11,15,23H,4-6,8,12-14H2,1-3H3,(H,27,28). The van der Waals surface area contributed by atoms with E-state index in [1.807, 2.05) is 18.2 Å². The van der Waals surface area contributed by atoms with Crippen LogP contribution in [0, 0.1) is 0 Å². The van der Waals surface area contributed by atoms with Crippen LogP contribution in [0.5, 0.6) is 23.0 Å². The lowest BCUT2D eigenvalue weighted by molar-refractivity contribution is -0.0635. The summed E-state index contributed by atoms with van der Waals surface area (Å²) in [6.07, 6.45) is 1.29. The zero-order valence-corrected chi connectivity index (χ0v) is 19.2. The Morgan fingerprint density at radius 3 is 2.64 bits per heavy atom. The van der Waals surface area contributed by atoms with Gasteiger partial charge in [0.1, 0.15) is 23.0 Å². The van der Waals surface area contributed by atoms with E-state index in [9.17, 15) is 9.59 Å². The molecule has 0 fully saturated rings. The van der Waals surface area contributed by atoms with Crippen molar-refractivity contribution in [3.8, 4) is 23.0 Å². The molecule has 0 aliphatic carbocycles. The quantitative estimate of drug-likeness (QED) is 0.284. The molecule has 2 aromatic rings. The van der Waals surface area contributed by atoms with Gasteiger partial charge in [-0.15, -0.1) is 0 Å². The number of Topliss-reactive ketones (excluding diaryl/α,β-unsaturated/α-hetero) is 1. The molecule has 0 radical (unpaired) electrons. The van der Waals surface area contributed by atoms with Gasteiger partial charge in [0.25, 0.3) is 0 Å². The third-order valence-corrected chi connectivity index (χ3v) is 5.29. The van der Waals surface area contributed by atoms with Gasteiger partial charge in [0.15, 0.2) is 5.78 Å². The summed E-state index contributed by atoms with van der Waals surface area (Å²) in [5, 5.41) is 8.77. The monoisotopic (exact) mass is 458 g/mol. The topological polar surface area (TPSA) is 101 Å².